The van der Waals surface area contributed by atoms with Crippen LogP contribution >= 0.6 is 0 Å². The van der Waals surface area contributed by atoms with E-state index >= 15 is 0 Å². The molecule has 0 aliphatic carbocycles. The highest BCUT2D eigenvalue weighted by molar-refractivity contribution is 5.79. The van der Waals surface area contributed by atoms with Crippen molar-refractivity contribution >= 4 is 5.91 Å². The first-order chi connectivity index (χ1) is 11.0. The molecule has 1 aromatic carbocycles. The van der Waals surface area contributed by atoms with Gasteiger partial charge in [-0.3, -0.25) is 9.69 Å². The molecule has 6 heteroatoms. The summed E-state index contributed by atoms with van der Waals surface area (Å²) in [5.41, 5.74) is 0.650. The third kappa shape index (κ3) is 4.91. The molecule has 1 aromatic rings. The first-order valence-corrected chi connectivity index (χ1v) is 8.04. The number of rotatable bonds is 6. The van der Waals surface area contributed by atoms with Crippen molar-refractivity contribution in [1.82, 2.24) is 9.80 Å². The van der Waals surface area contributed by atoms with Gasteiger partial charge in [0, 0.05) is 32.7 Å². The summed E-state index contributed by atoms with van der Waals surface area (Å²) in [4.78, 5) is 16.3. The summed E-state index contributed by atoms with van der Waals surface area (Å²) in [5.74, 6) is -0.259. The molecule has 0 spiro atoms. The quantitative estimate of drug-likeness (QED) is 0.857. The molecule has 0 saturated carbocycles. The van der Waals surface area contributed by atoms with Crippen LogP contribution in [0.4, 0.5) is 4.39 Å². The molecule has 1 fully saturated rings. The summed E-state index contributed by atoms with van der Waals surface area (Å²) >= 11 is 0. The molecule has 1 aliphatic heterocycles. The first kappa shape index (κ1) is 17.7. The Bertz CT molecular complexity index is 531. The van der Waals surface area contributed by atoms with Crippen LogP contribution in [0.2, 0.25) is 0 Å². The summed E-state index contributed by atoms with van der Waals surface area (Å²) < 4.78 is 18.5. The van der Waals surface area contributed by atoms with E-state index in [4.69, 9.17) is 4.74 Å². The van der Waals surface area contributed by atoms with Crippen molar-refractivity contribution < 1.29 is 19.0 Å². The van der Waals surface area contributed by atoms with Crippen molar-refractivity contribution in [2.75, 3.05) is 39.8 Å². The van der Waals surface area contributed by atoms with E-state index in [0.717, 1.165) is 19.5 Å². The second kappa shape index (κ2) is 8.26. The second-order valence-corrected chi connectivity index (χ2v) is 5.89. The molecule has 23 heavy (non-hydrogen) atoms. The van der Waals surface area contributed by atoms with Crippen molar-refractivity contribution in [3.63, 3.8) is 0 Å². The number of hydrogen-bond acceptors (Lipinski definition) is 4. The van der Waals surface area contributed by atoms with Gasteiger partial charge in [-0.1, -0.05) is 13.0 Å². The number of halogens is 1. The fourth-order valence-electron chi connectivity index (χ4n) is 2.71. The second-order valence-electron chi connectivity index (χ2n) is 5.89. The van der Waals surface area contributed by atoms with Crippen LogP contribution in [0, 0.1) is 5.82 Å². The third-order valence-corrected chi connectivity index (χ3v) is 4.24. The van der Waals surface area contributed by atoms with Crippen LogP contribution in [0.1, 0.15) is 18.9 Å². The summed E-state index contributed by atoms with van der Waals surface area (Å²) in [6.07, 6.45) is 0.625. The van der Waals surface area contributed by atoms with E-state index in [0.29, 0.717) is 25.2 Å². The Hall–Kier alpha value is -1.66. The minimum Gasteiger partial charge on any atom is -0.494 e. The van der Waals surface area contributed by atoms with Crippen LogP contribution in [0.15, 0.2) is 18.2 Å². The zero-order valence-corrected chi connectivity index (χ0v) is 13.8. The zero-order valence-electron chi connectivity index (χ0n) is 13.8. The van der Waals surface area contributed by atoms with Gasteiger partial charge >= 0.3 is 0 Å². The number of carbonyl (C=O) groups is 1. The van der Waals surface area contributed by atoms with E-state index in [1.807, 2.05) is 6.92 Å². The average Bonchev–Trinajstić information content (AvgIpc) is 2.55. The van der Waals surface area contributed by atoms with Crippen molar-refractivity contribution in [3.8, 4) is 5.75 Å². The molecule has 1 heterocycles. The van der Waals surface area contributed by atoms with Crippen LogP contribution in [-0.2, 0) is 11.2 Å². The van der Waals surface area contributed by atoms with E-state index in [9.17, 15) is 14.3 Å². The van der Waals surface area contributed by atoms with Gasteiger partial charge in [-0.2, -0.15) is 0 Å². The van der Waals surface area contributed by atoms with Gasteiger partial charge in [-0.25, -0.2) is 4.39 Å². The average molecular weight is 324 g/mol. The molecule has 1 saturated heterocycles. The van der Waals surface area contributed by atoms with Crippen LogP contribution < -0.4 is 4.74 Å². The maximum absolute atomic E-state index is 13.7. The summed E-state index contributed by atoms with van der Waals surface area (Å²) in [6.45, 7) is 5.43. The van der Waals surface area contributed by atoms with Crippen LogP contribution in [0.5, 0.6) is 5.75 Å². The van der Waals surface area contributed by atoms with E-state index in [1.54, 1.807) is 17.0 Å². The number of aliphatic hydroxyl groups excluding tert-OH is 1. The SMILES string of the molecule is CC[C@@H](O)CN1CCN(C(=O)Cc2ccc(OC)c(F)c2)CC1. The number of hydrogen-bond donors (Lipinski definition) is 1. The minimum atomic E-state index is -0.448. The van der Waals surface area contributed by atoms with Crippen LogP contribution in [0.25, 0.3) is 0 Å². The molecule has 2 rings (SSSR count). The molecule has 0 radical (unpaired) electrons. The van der Waals surface area contributed by atoms with Gasteiger partial charge in [0.25, 0.3) is 0 Å². The Morgan fingerprint density at radius 1 is 1.35 bits per heavy atom. The minimum absolute atomic E-state index is 0.00487. The highest BCUT2D eigenvalue weighted by atomic mass is 19.1. The largest absolute Gasteiger partial charge is 0.494 e. The normalized spacial score (nSPS) is 17.1. The Balaban J connectivity index is 1.84. The van der Waals surface area contributed by atoms with Gasteiger partial charge in [0.05, 0.1) is 19.6 Å². The maximum Gasteiger partial charge on any atom is 0.227 e. The number of β-amino-alcohol motifs (C(OH)–C–C–N with tert-alkyl or cyclic N) is 1. The zero-order chi connectivity index (χ0) is 16.8. The molecule has 5 nitrogen and oxygen atoms in total. The maximum atomic E-state index is 13.7. The van der Waals surface area contributed by atoms with Crippen molar-refractivity contribution in [2.24, 2.45) is 0 Å². The van der Waals surface area contributed by atoms with Gasteiger partial charge in [0.15, 0.2) is 11.6 Å². The Labute approximate surface area is 136 Å². The van der Waals surface area contributed by atoms with Gasteiger partial charge in [-0.05, 0) is 24.1 Å². The standard InChI is InChI=1S/C17H25FN2O3/c1-3-14(21)12-19-6-8-20(9-7-19)17(22)11-13-4-5-16(23-2)15(18)10-13/h4-5,10,14,21H,3,6-9,11-12H2,1-2H3/t14-/m1/s1. The number of ether oxygens (including phenoxy) is 1. The molecule has 1 N–H and O–H groups in total. The Morgan fingerprint density at radius 3 is 2.61 bits per heavy atom. The summed E-state index contributed by atoms with van der Waals surface area (Å²) in [6, 6.07) is 4.61. The lowest BCUT2D eigenvalue weighted by Gasteiger charge is -2.35. The monoisotopic (exact) mass is 324 g/mol. The lowest BCUT2D eigenvalue weighted by Crippen LogP contribution is -2.50. The van der Waals surface area contributed by atoms with E-state index < -0.39 is 5.82 Å². The molecule has 1 amide bonds. The lowest BCUT2D eigenvalue weighted by molar-refractivity contribution is -0.132. The first-order valence-electron chi connectivity index (χ1n) is 8.04. The molecule has 1 atom stereocenters. The number of benzene rings is 1. The van der Waals surface area contributed by atoms with Crippen molar-refractivity contribution in [3.05, 3.63) is 29.6 Å². The van der Waals surface area contributed by atoms with Gasteiger partial charge in [0.1, 0.15) is 0 Å². The molecule has 1 aliphatic rings. The fourth-order valence-corrected chi connectivity index (χ4v) is 2.71. The summed E-state index contributed by atoms with van der Waals surface area (Å²) in [5, 5.41) is 9.68. The number of methoxy groups -OCH3 is 1. The number of amides is 1. The predicted octanol–water partition coefficient (Wildman–Crippen LogP) is 1.29. The van der Waals surface area contributed by atoms with Crippen molar-refractivity contribution in [2.45, 2.75) is 25.9 Å². The number of nitrogens with zero attached hydrogens (tertiary/aromatic N) is 2. The highest BCUT2D eigenvalue weighted by Crippen LogP contribution is 2.18. The molecular weight excluding hydrogens is 299 g/mol. The lowest BCUT2D eigenvalue weighted by atomic mass is 10.1. The van der Waals surface area contributed by atoms with E-state index in [-0.39, 0.29) is 24.2 Å². The Morgan fingerprint density at radius 2 is 2.04 bits per heavy atom. The highest BCUT2D eigenvalue weighted by Gasteiger charge is 2.22. The van der Waals surface area contributed by atoms with E-state index in [1.165, 1.54) is 13.2 Å². The van der Waals surface area contributed by atoms with E-state index in [2.05, 4.69) is 4.90 Å². The predicted molar refractivity (Wildman–Crippen MR) is 86.0 cm³/mol. The molecule has 128 valence electrons. The number of aliphatic hydroxyl groups is 1. The van der Waals surface area contributed by atoms with Crippen LogP contribution in [-0.4, -0.2) is 66.8 Å². The van der Waals surface area contributed by atoms with Gasteiger partial charge < -0.3 is 14.7 Å². The number of carbonyl (C=O) groups excluding carboxylic acids is 1. The fraction of sp³-hybridized carbons (Fsp3) is 0.588. The third-order valence-electron chi connectivity index (χ3n) is 4.24. The molecule has 0 bridgehead atoms. The molecule has 0 unspecified atom stereocenters. The topological polar surface area (TPSA) is 53.0 Å². The summed E-state index contributed by atoms with van der Waals surface area (Å²) in [7, 11) is 1.41. The Kier molecular flexibility index (Phi) is 6.36. The molecular formula is C17H25FN2O3. The van der Waals surface area contributed by atoms with Gasteiger partial charge in [0.2, 0.25) is 5.91 Å². The number of piperazine rings is 1. The van der Waals surface area contributed by atoms with Crippen LogP contribution in [0.3, 0.4) is 0 Å². The smallest absolute Gasteiger partial charge is 0.227 e. The van der Waals surface area contributed by atoms with Crippen molar-refractivity contribution in [1.29, 1.82) is 0 Å². The van der Waals surface area contributed by atoms with Gasteiger partial charge in [-0.15, -0.1) is 0 Å². The molecule has 0 aromatic heterocycles.